The smallest absolute Gasteiger partial charge is 0.236 e. The number of rotatable bonds is 4. The van der Waals surface area contributed by atoms with E-state index in [4.69, 9.17) is 16.9 Å². The first-order chi connectivity index (χ1) is 8.17. The largest absolute Gasteiger partial charge is 0.353 e. The number of carbonyl (C=O) groups is 2. The summed E-state index contributed by atoms with van der Waals surface area (Å²) in [6.45, 7) is 1.21. The second-order valence-corrected chi connectivity index (χ2v) is 4.37. The Morgan fingerprint density at radius 2 is 2.06 bits per heavy atom. The molecule has 1 aliphatic rings. The third-order valence-corrected chi connectivity index (χ3v) is 2.95. The highest BCUT2D eigenvalue weighted by Gasteiger charge is 2.23. The molecule has 1 aliphatic heterocycles. The van der Waals surface area contributed by atoms with Crippen LogP contribution < -0.4 is 5.32 Å². The number of halogens is 1. The van der Waals surface area contributed by atoms with Gasteiger partial charge in [-0.25, -0.2) is 0 Å². The van der Waals surface area contributed by atoms with E-state index in [0.717, 1.165) is 12.8 Å². The van der Waals surface area contributed by atoms with Crippen molar-refractivity contribution in [2.45, 2.75) is 31.7 Å². The van der Waals surface area contributed by atoms with Gasteiger partial charge in [0.15, 0.2) is 0 Å². The summed E-state index contributed by atoms with van der Waals surface area (Å²) in [6.07, 6.45) is 1.74. The first-order valence-corrected chi connectivity index (χ1v) is 6.21. The van der Waals surface area contributed by atoms with Crippen LogP contribution >= 0.6 is 11.6 Å². The molecule has 0 unspecified atom stereocenters. The van der Waals surface area contributed by atoms with Crippen molar-refractivity contribution in [3.05, 3.63) is 0 Å². The zero-order valence-electron chi connectivity index (χ0n) is 9.62. The van der Waals surface area contributed by atoms with Crippen LogP contribution in [0.4, 0.5) is 0 Å². The van der Waals surface area contributed by atoms with Crippen molar-refractivity contribution in [2.75, 3.05) is 19.0 Å². The van der Waals surface area contributed by atoms with Gasteiger partial charge in [0.2, 0.25) is 11.8 Å². The zero-order valence-corrected chi connectivity index (χ0v) is 10.4. The van der Waals surface area contributed by atoms with Gasteiger partial charge in [-0.15, -0.1) is 11.6 Å². The van der Waals surface area contributed by atoms with Gasteiger partial charge in [0.1, 0.15) is 6.42 Å². The lowest BCUT2D eigenvalue weighted by Crippen LogP contribution is -2.46. The summed E-state index contributed by atoms with van der Waals surface area (Å²) in [4.78, 5) is 24.4. The van der Waals surface area contributed by atoms with E-state index in [2.05, 4.69) is 5.32 Å². The Balaban J connectivity index is 2.28. The van der Waals surface area contributed by atoms with Crippen molar-refractivity contribution in [3.8, 4) is 6.07 Å². The van der Waals surface area contributed by atoms with Crippen LogP contribution in [0.25, 0.3) is 0 Å². The highest BCUT2D eigenvalue weighted by Crippen LogP contribution is 2.11. The molecule has 1 saturated heterocycles. The van der Waals surface area contributed by atoms with Crippen LogP contribution in [-0.4, -0.2) is 41.7 Å². The summed E-state index contributed by atoms with van der Waals surface area (Å²) in [5.41, 5.74) is 0. The van der Waals surface area contributed by atoms with Gasteiger partial charge in [-0.3, -0.25) is 9.59 Å². The van der Waals surface area contributed by atoms with Crippen LogP contribution in [0, 0.1) is 11.3 Å². The molecule has 1 fully saturated rings. The molecule has 0 aromatic rings. The Labute approximate surface area is 106 Å². The number of carbonyl (C=O) groups excluding carboxylic acids is 2. The number of hydrogen-bond donors (Lipinski definition) is 1. The minimum Gasteiger partial charge on any atom is -0.353 e. The Morgan fingerprint density at radius 1 is 1.41 bits per heavy atom. The SMILES string of the molecule is N#CCC(=O)N1CCC(NC(=O)CCCl)CC1. The first-order valence-electron chi connectivity index (χ1n) is 5.67. The van der Waals surface area contributed by atoms with Gasteiger partial charge in [0.05, 0.1) is 6.07 Å². The molecule has 0 radical (unpaired) electrons. The minimum atomic E-state index is -0.127. The summed E-state index contributed by atoms with van der Waals surface area (Å²) in [6, 6.07) is 1.97. The molecular formula is C11H16ClN3O2. The van der Waals surface area contributed by atoms with Crippen molar-refractivity contribution in [1.29, 1.82) is 5.26 Å². The van der Waals surface area contributed by atoms with Gasteiger partial charge in [-0.2, -0.15) is 5.26 Å². The van der Waals surface area contributed by atoms with Crippen molar-refractivity contribution in [1.82, 2.24) is 10.2 Å². The number of amides is 2. The minimum absolute atomic E-state index is 0.0400. The molecule has 0 aromatic carbocycles. The van der Waals surface area contributed by atoms with E-state index in [1.54, 1.807) is 4.90 Å². The lowest BCUT2D eigenvalue weighted by atomic mass is 10.0. The fourth-order valence-electron chi connectivity index (χ4n) is 1.84. The summed E-state index contributed by atoms with van der Waals surface area (Å²) in [7, 11) is 0. The second kappa shape index (κ2) is 7.13. The Kier molecular flexibility index (Phi) is 5.78. The van der Waals surface area contributed by atoms with Gasteiger partial charge < -0.3 is 10.2 Å². The maximum Gasteiger partial charge on any atom is 0.236 e. The summed E-state index contributed by atoms with van der Waals surface area (Å²) in [5.74, 6) is 0.158. The predicted octanol–water partition coefficient (Wildman–Crippen LogP) is 0.636. The van der Waals surface area contributed by atoms with E-state index in [9.17, 15) is 9.59 Å². The molecule has 6 heteroatoms. The molecule has 2 amide bonds. The van der Waals surface area contributed by atoms with Crippen LogP contribution in [0.2, 0.25) is 0 Å². The number of alkyl halides is 1. The Morgan fingerprint density at radius 3 is 2.59 bits per heavy atom. The average Bonchev–Trinajstić information content (AvgIpc) is 2.30. The molecule has 1 N–H and O–H groups in total. The number of nitriles is 1. The van der Waals surface area contributed by atoms with Gasteiger partial charge in [-0.1, -0.05) is 0 Å². The fourth-order valence-corrected chi connectivity index (χ4v) is 2.01. The molecule has 1 heterocycles. The molecule has 0 saturated carbocycles. The zero-order chi connectivity index (χ0) is 12.7. The van der Waals surface area contributed by atoms with E-state index in [0.29, 0.717) is 25.4 Å². The molecule has 17 heavy (non-hydrogen) atoms. The predicted molar refractivity (Wildman–Crippen MR) is 63.3 cm³/mol. The number of hydrogen-bond acceptors (Lipinski definition) is 3. The molecular weight excluding hydrogens is 242 g/mol. The molecule has 0 bridgehead atoms. The van der Waals surface area contributed by atoms with E-state index in [-0.39, 0.29) is 24.3 Å². The molecule has 94 valence electrons. The fraction of sp³-hybridized carbons (Fsp3) is 0.727. The number of nitrogens with one attached hydrogen (secondary N) is 1. The van der Waals surface area contributed by atoms with E-state index >= 15 is 0 Å². The van der Waals surface area contributed by atoms with Crippen molar-refractivity contribution < 1.29 is 9.59 Å². The lowest BCUT2D eigenvalue weighted by molar-refractivity contribution is -0.131. The van der Waals surface area contributed by atoms with Crippen LogP contribution in [0.1, 0.15) is 25.7 Å². The van der Waals surface area contributed by atoms with E-state index in [1.807, 2.05) is 6.07 Å². The number of likely N-dealkylation sites (tertiary alicyclic amines) is 1. The monoisotopic (exact) mass is 257 g/mol. The van der Waals surface area contributed by atoms with Crippen LogP contribution in [-0.2, 0) is 9.59 Å². The molecule has 5 nitrogen and oxygen atoms in total. The quantitative estimate of drug-likeness (QED) is 0.751. The van der Waals surface area contributed by atoms with Crippen LogP contribution in [0.5, 0.6) is 0 Å². The Bertz CT molecular complexity index is 319. The van der Waals surface area contributed by atoms with Gasteiger partial charge in [-0.05, 0) is 12.8 Å². The highest BCUT2D eigenvalue weighted by atomic mass is 35.5. The van der Waals surface area contributed by atoms with Crippen LogP contribution in [0.15, 0.2) is 0 Å². The third-order valence-electron chi connectivity index (χ3n) is 2.76. The first kappa shape index (κ1) is 13.8. The maximum atomic E-state index is 11.4. The summed E-state index contributed by atoms with van der Waals surface area (Å²) in [5, 5.41) is 11.3. The van der Waals surface area contributed by atoms with E-state index < -0.39 is 0 Å². The molecule has 1 rings (SSSR count). The molecule has 0 aromatic heterocycles. The number of nitrogens with zero attached hydrogens (tertiary/aromatic N) is 2. The number of piperidine rings is 1. The lowest BCUT2D eigenvalue weighted by Gasteiger charge is -2.32. The van der Waals surface area contributed by atoms with Gasteiger partial charge >= 0.3 is 0 Å². The van der Waals surface area contributed by atoms with Crippen molar-refractivity contribution in [2.24, 2.45) is 0 Å². The van der Waals surface area contributed by atoms with Gasteiger partial charge in [0, 0.05) is 31.4 Å². The molecule has 0 spiro atoms. The van der Waals surface area contributed by atoms with Crippen molar-refractivity contribution in [3.63, 3.8) is 0 Å². The average molecular weight is 258 g/mol. The van der Waals surface area contributed by atoms with Crippen LogP contribution in [0.3, 0.4) is 0 Å². The van der Waals surface area contributed by atoms with Gasteiger partial charge in [0.25, 0.3) is 0 Å². The topological polar surface area (TPSA) is 73.2 Å². The Hall–Kier alpha value is -1.28. The van der Waals surface area contributed by atoms with E-state index in [1.165, 1.54) is 0 Å². The van der Waals surface area contributed by atoms with Crippen molar-refractivity contribution >= 4 is 23.4 Å². The molecule has 0 aliphatic carbocycles. The normalized spacial score (nSPS) is 16.4. The second-order valence-electron chi connectivity index (χ2n) is 4.00. The third kappa shape index (κ3) is 4.61. The standard InChI is InChI=1S/C11H16ClN3O2/c12-5-1-10(16)14-9-3-7-15(8-4-9)11(17)2-6-13/h9H,1-5,7-8H2,(H,14,16). The molecule has 0 atom stereocenters. The highest BCUT2D eigenvalue weighted by molar-refractivity contribution is 6.18. The maximum absolute atomic E-state index is 11.4. The summed E-state index contributed by atoms with van der Waals surface area (Å²) >= 11 is 5.47. The summed E-state index contributed by atoms with van der Waals surface area (Å²) < 4.78 is 0.